The third-order valence-electron chi connectivity index (χ3n) is 5.06. The predicted octanol–water partition coefficient (Wildman–Crippen LogP) is 2.72. The molecule has 186 valence electrons. The summed E-state index contributed by atoms with van der Waals surface area (Å²) in [5.74, 6) is -5.47. The Morgan fingerprint density at radius 2 is 1.83 bits per heavy atom. The van der Waals surface area contributed by atoms with Crippen LogP contribution in [0.3, 0.4) is 0 Å². The van der Waals surface area contributed by atoms with Crippen LogP contribution in [0.1, 0.15) is 28.3 Å². The molecule has 2 aromatic carbocycles. The van der Waals surface area contributed by atoms with Crippen molar-refractivity contribution in [1.82, 2.24) is 25.4 Å². The number of benzene rings is 2. The highest BCUT2D eigenvalue weighted by atomic mass is 19.2. The van der Waals surface area contributed by atoms with Crippen molar-refractivity contribution in [3.8, 4) is 0 Å². The summed E-state index contributed by atoms with van der Waals surface area (Å²) in [6.45, 7) is 1.04. The Morgan fingerprint density at radius 3 is 2.58 bits per heavy atom. The molecular formula is C21H18F3N9O3. The predicted molar refractivity (Wildman–Crippen MR) is 122 cm³/mol. The van der Waals surface area contributed by atoms with Crippen molar-refractivity contribution in [3.05, 3.63) is 58.8 Å². The van der Waals surface area contributed by atoms with E-state index < -0.39 is 40.6 Å². The second-order valence-corrected chi connectivity index (χ2v) is 7.60. The summed E-state index contributed by atoms with van der Waals surface area (Å²) in [6, 6.07) is 4.47. The van der Waals surface area contributed by atoms with Crippen molar-refractivity contribution in [2.45, 2.75) is 19.8 Å². The van der Waals surface area contributed by atoms with Crippen LogP contribution in [0.4, 0.5) is 35.2 Å². The van der Waals surface area contributed by atoms with Crippen LogP contribution in [0, 0.1) is 24.4 Å². The first-order chi connectivity index (χ1) is 17.1. The first kappa shape index (κ1) is 24.2. The minimum absolute atomic E-state index is 0.0324. The zero-order valence-electron chi connectivity index (χ0n) is 18.5. The van der Waals surface area contributed by atoms with Gasteiger partial charge in [0.15, 0.2) is 17.3 Å². The molecule has 36 heavy (non-hydrogen) atoms. The number of carbonyl (C=O) groups is 3. The van der Waals surface area contributed by atoms with Gasteiger partial charge in [0.05, 0.1) is 11.2 Å². The van der Waals surface area contributed by atoms with Gasteiger partial charge in [0, 0.05) is 30.2 Å². The number of aromatic amines is 2. The van der Waals surface area contributed by atoms with Gasteiger partial charge >= 0.3 is 6.03 Å². The quantitative estimate of drug-likeness (QED) is 0.212. The Morgan fingerprint density at radius 1 is 1.06 bits per heavy atom. The molecule has 12 nitrogen and oxygen atoms in total. The van der Waals surface area contributed by atoms with Crippen LogP contribution < -0.4 is 21.7 Å². The van der Waals surface area contributed by atoms with Crippen molar-refractivity contribution in [2.24, 2.45) is 5.73 Å². The van der Waals surface area contributed by atoms with Gasteiger partial charge in [-0.15, -0.1) is 5.10 Å². The Balaban J connectivity index is 1.41. The monoisotopic (exact) mass is 501 g/mol. The summed E-state index contributed by atoms with van der Waals surface area (Å²) in [6.07, 6.45) is -0.0219. The zero-order valence-corrected chi connectivity index (χ0v) is 18.5. The molecule has 7 N–H and O–H groups in total. The first-order valence-corrected chi connectivity index (χ1v) is 10.3. The summed E-state index contributed by atoms with van der Waals surface area (Å²) in [4.78, 5) is 42.9. The van der Waals surface area contributed by atoms with Crippen molar-refractivity contribution in [2.75, 3.05) is 16.0 Å². The van der Waals surface area contributed by atoms with Gasteiger partial charge in [0.1, 0.15) is 23.0 Å². The number of carbonyl (C=O) groups excluding carboxylic acids is 3. The van der Waals surface area contributed by atoms with Crippen LogP contribution >= 0.6 is 0 Å². The van der Waals surface area contributed by atoms with Crippen LogP contribution in [0.15, 0.2) is 24.3 Å². The van der Waals surface area contributed by atoms with E-state index in [9.17, 15) is 27.6 Å². The first-order valence-electron chi connectivity index (χ1n) is 10.3. The van der Waals surface area contributed by atoms with Gasteiger partial charge in [0.2, 0.25) is 5.91 Å². The van der Waals surface area contributed by atoms with Gasteiger partial charge in [-0.25, -0.2) is 22.9 Å². The average Bonchev–Trinajstić information content (AvgIpc) is 3.46. The highest BCUT2D eigenvalue weighted by Crippen LogP contribution is 2.24. The number of fused-ring (bicyclic) bond motifs is 1. The standard InChI is InChI=1S/C21H18F3N9O3/c1-8-10(22)7-13(17(24)16(8)23)27-21(36)30-20-18(19(25)35)28-14(29-20)4-5-15(34)26-9-2-3-11-12(6-9)32-33-31-11/h2-3,6-7H,4-5H2,1H3,(H2,25,35)(H,26,34)(H,28,29)(H2,27,30,36)(H,31,32,33). The van der Waals surface area contributed by atoms with Crippen molar-refractivity contribution < 1.29 is 27.6 Å². The topological polar surface area (TPSA) is 184 Å². The number of primary amides is 1. The number of imidazole rings is 1. The van der Waals surface area contributed by atoms with Crippen LogP contribution in [-0.2, 0) is 11.2 Å². The second kappa shape index (κ2) is 9.73. The Kier molecular flexibility index (Phi) is 6.54. The molecule has 0 bridgehead atoms. The van der Waals surface area contributed by atoms with E-state index in [-0.39, 0.29) is 36.1 Å². The molecule has 15 heteroatoms. The number of amides is 4. The second-order valence-electron chi connectivity index (χ2n) is 7.60. The molecule has 0 fully saturated rings. The number of hydrogen-bond donors (Lipinski definition) is 6. The van der Waals surface area contributed by atoms with Crippen molar-refractivity contribution in [3.63, 3.8) is 0 Å². The van der Waals surface area contributed by atoms with Crippen LogP contribution in [0.25, 0.3) is 11.0 Å². The molecular weight excluding hydrogens is 483 g/mol. The molecule has 4 rings (SSSR count). The van der Waals surface area contributed by atoms with Crippen molar-refractivity contribution in [1.29, 1.82) is 0 Å². The molecule has 0 unspecified atom stereocenters. The zero-order chi connectivity index (χ0) is 26.0. The highest BCUT2D eigenvalue weighted by Gasteiger charge is 2.21. The fourth-order valence-corrected chi connectivity index (χ4v) is 3.23. The highest BCUT2D eigenvalue weighted by molar-refractivity contribution is 6.04. The van der Waals surface area contributed by atoms with Crippen LogP contribution in [0.5, 0.6) is 0 Å². The molecule has 0 spiro atoms. The number of rotatable bonds is 7. The van der Waals surface area contributed by atoms with E-state index >= 15 is 0 Å². The number of anilines is 3. The fraction of sp³-hybridized carbons (Fsp3) is 0.143. The van der Waals surface area contributed by atoms with Gasteiger partial charge in [-0.1, -0.05) is 5.21 Å². The molecule has 0 aliphatic rings. The number of hydrogen-bond acceptors (Lipinski definition) is 6. The number of nitrogens with two attached hydrogens (primary N) is 1. The summed E-state index contributed by atoms with van der Waals surface area (Å²) in [5.41, 5.74) is 5.38. The van der Waals surface area contributed by atoms with Gasteiger partial charge in [-0.2, -0.15) is 0 Å². The number of aryl methyl sites for hydroxylation is 1. The lowest BCUT2D eigenvalue weighted by atomic mass is 10.2. The lowest BCUT2D eigenvalue weighted by Gasteiger charge is -2.10. The molecule has 0 atom stereocenters. The van der Waals surface area contributed by atoms with E-state index in [1.54, 1.807) is 18.2 Å². The maximum absolute atomic E-state index is 14.0. The summed E-state index contributed by atoms with van der Waals surface area (Å²) in [7, 11) is 0. The minimum atomic E-state index is -1.46. The van der Waals surface area contributed by atoms with Gasteiger partial charge in [0.25, 0.3) is 5.91 Å². The molecule has 2 heterocycles. The molecule has 4 aromatic rings. The molecule has 0 aliphatic heterocycles. The number of nitrogens with zero attached hydrogens (tertiary/aromatic N) is 3. The van der Waals surface area contributed by atoms with E-state index in [0.29, 0.717) is 22.8 Å². The number of nitrogens with one attached hydrogen (secondary N) is 5. The minimum Gasteiger partial charge on any atom is -0.364 e. The lowest BCUT2D eigenvalue weighted by molar-refractivity contribution is -0.116. The fourth-order valence-electron chi connectivity index (χ4n) is 3.23. The van der Waals surface area contributed by atoms with E-state index in [1.807, 2.05) is 5.32 Å². The molecule has 0 saturated carbocycles. The number of urea groups is 1. The molecule has 0 saturated heterocycles. The van der Waals surface area contributed by atoms with E-state index in [4.69, 9.17) is 5.73 Å². The van der Waals surface area contributed by atoms with E-state index in [0.717, 1.165) is 6.92 Å². The SMILES string of the molecule is Cc1c(F)cc(NC(=O)Nc2[nH]c(CCC(=O)Nc3ccc4[nH]nnc4c3)nc2C(N)=O)c(F)c1F. The Hall–Kier alpha value is -4.95. The van der Waals surface area contributed by atoms with Gasteiger partial charge in [-0.3, -0.25) is 20.0 Å². The molecule has 0 aliphatic carbocycles. The lowest BCUT2D eigenvalue weighted by Crippen LogP contribution is -2.23. The summed E-state index contributed by atoms with van der Waals surface area (Å²) < 4.78 is 41.5. The normalized spacial score (nSPS) is 10.9. The van der Waals surface area contributed by atoms with Gasteiger partial charge < -0.3 is 21.4 Å². The summed E-state index contributed by atoms with van der Waals surface area (Å²) >= 11 is 0. The molecule has 4 amide bonds. The van der Waals surface area contributed by atoms with E-state index in [1.165, 1.54) is 0 Å². The number of halogens is 3. The van der Waals surface area contributed by atoms with E-state index in [2.05, 4.69) is 36.0 Å². The average molecular weight is 501 g/mol. The molecule has 0 radical (unpaired) electrons. The largest absolute Gasteiger partial charge is 0.364 e. The molecule has 2 aromatic heterocycles. The van der Waals surface area contributed by atoms with Gasteiger partial charge in [-0.05, 0) is 25.1 Å². The number of H-pyrrole nitrogens is 2. The Bertz CT molecular complexity index is 1500. The number of aromatic nitrogens is 5. The maximum atomic E-state index is 14.0. The smallest absolute Gasteiger partial charge is 0.324 e. The maximum Gasteiger partial charge on any atom is 0.324 e. The van der Waals surface area contributed by atoms with Crippen molar-refractivity contribution >= 4 is 46.1 Å². The van der Waals surface area contributed by atoms with Crippen LogP contribution in [-0.4, -0.2) is 43.2 Å². The Labute approximate surface area is 199 Å². The third-order valence-corrected chi connectivity index (χ3v) is 5.06. The summed E-state index contributed by atoms with van der Waals surface area (Å²) in [5, 5.41) is 17.0. The van der Waals surface area contributed by atoms with Crippen LogP contribution in [0.2, 0.25) is 0 Å². The third kappa shape index (κ3) is 5.08.